The monoisotopic (exact) mass is 341 g/mol. The molecular weight excluding hydrogens is 324 g/mol. The Morgan fingerprint density at radius 1 is 0.920 bits per heavy atom. The van der Waals surface area contributed by atoms with Gasteiger partial charge in [0.15, 0.2) is 0 Å². The molecule has 3 aromatic rings. The quantitative estimate of drug-likeness (QED) is 0.690. The molecule has 2 N–H and O–H groups in total. The molecule has 128 valence electrons. The molecule has 0 aliphatic heterocycles. The molecule has 0 aliphatic carbocycles. The van der Waals surface area contributed by atoms with E-state index in [0.717, 1.165) is 33.6 Å². The molecule has 0 atom stereocenters. The van der Waals surface area contributed by atoms with Crippen LogP contribution in [0.3, 0.4) is 0 Å². The third kappa shape index (κ3) is 3.60. The molecule has 0 saturated carbocycles. The number of aromatic nitrogens is 1. The predicted octanol–water partition coefficient (Wildman–Crippen LogP) is 4.95. The number of carbonyl (C=O) groups is 1. The normalized spacial score (nSPS) is 10.8. The third-order valence-electron chi connectivity index (χ3n) is 4.23. The van der Waals surface area contributed by atoms with E-state index in [-0.39, 0.29) is 18.1 Å². The molecular formula is C20H17F2NO2. The van der Waals surface area contributed by atoms with Crippen LogP contribution in [-0.2, 0) is 11.2 Å². The van der Waals surface area contributed by atoms with Crippen molar-refractivity contribution in [2.75, 3.05) is 0 Å². The molecule has 0 bridgehead atoms. The maximum atomic E-state index is 13.2. The van der Waals surface area contributed by atoms with Crippen LogP contribution < -0.4 is 0 Å². The Kier molecular flexibility index (Phi) is 4.65. The van der Waals surface area contributed by atoms with E-state index >= 15 is 0 Å². The van der Waals surface area contributed by atoms with Gasteiger partial charge in [-0.3, -0.25) is 4.79 Å². The second-order valence-corrected chi connectivity index (χ2v) is 5.89. The van der Waals surface area contributed by atoms with Crippen LogP contribution in [-0.4, -0.2) is 16.1 Å². The number of rotatable bonds is 5. The second kappa shape index (κ2) is 6.89. The minimum Gasteiger partial charge on any atom is -0.481 e. The first kappa shape index (κ1) is 16.9. The van der Waals surface area contributed by atoms with Crippen LogP contribution in [0.2, 0.25) is 0 Å². The summed E-state index contributed by atoms with van der Waals surface area (Å²) >= 11 is 0. The fourth-order valence-corrected chi connectivity index (χ4v) is 2.95. The number of halogens is 2. The van der Waals surface area contributed by atoms with E-state index < -0.39 is 5.97 Å². The Morgan fingerprint density at radius 3 is 1.88 bits per heavy atom. The predicted molar refractivity (Wildman–Crippen MR) is 92.3 cm³/mol. The van der Waals surface area contributed by atoms with Crippen molar-refractivity contribution in [3.05, 3.63) is 71.3 Å². The Morgan fingerprint density at radius 2 is 1.40 bits per heavy atom. The zero-order chi connectivity index (χ0) is 18.0. The molecule has 3 nitrogen and oxygen atoms in total. The summed E-state index contributed by atoms with van der Waals surface area (Å²) in [4.78, 5) is 14.3. The minimum absolute atomic E-state index is 0.00422. The van der Waals surface area contributed by atoms with Gasteiger partial charge in [0.05, 0.1) is 0 Å². The summed E-state index contributed by atoms with van der Waals surface area (Å²) in [6.45, 7) is 1.90. The second-order valence-electron chi connectivity index (χ2n) is 5.89. The van der Waals surface area contributed by atoms with Crippen LogP contribution in [0, 0.1) is 18.6 Å². The van der Waals surface area contributed by atoms with Crippen molar-refractivity contribution in [3.63, 3.8) is 0 Å². The lowest BCUT2D eigenvalue weighted by Gasteiger charge is -2.05. The summed E-state index contributed by atoms with van der Waals surface area (Å²) in [6.07, 6.45) is 0.349. The van der Waals surface area contributed by atoms with Crippen LogP contribution in [0.1, 0.15) is 17.5 Å². The van der Waals surface area contributed by atoms with E-state index in [1.54, 1.807) is 24.3 Å². The first-order valence-electron chi connectivity index (χ1n) is 7.91. The maximum Gasteiger partial charge on any atom is 0.303 e. The number of H-pyrrole nitrogens is 1. The average Bonchev–Trinajstić information content (AvgIpc) is 2.91. The zero-order valence-electron chi connectivity index (χ0n) is 13.6. The number of hydrogen-bond acceptors (Lipinski definition) is 1. The SMILES string of the molecule is Cc1c(-c2ccc(F)cc2)[nH]c(-c2ccc(F)cc2)c1CCC(=O)O. The van der Waals surface area contributed by atoms with Crippen molar-refractivity contribution in [1.29, 1.82) is 0 Å². The highest BCUT2D eigenvalue weighted by Gasteiger charge is 2.17. The standard InChI is InChI=1S/C20H17F2NO2/c1-12-17(10-11-18(24)25)20(14-4-8-16(22)9-5-14)23-19(12)13-2-6-15(21)7-3-13/h2-9,23H,10-11H2,1H3,(H,24,25). The van der Waals surface area contributed by atoms with Gasteiger partial charge < -0.3 is 10.1 Å². The van der Waals surface area contributed by atoms with Crippen LogP contribution in [0.5, 0.6) is 0 Å². The fraction of sp³-hybridized carbons (Fsp3) is 0.150. The number of benzene rings is 2. The summed E-state index contributed by atoms with van der Waals surface area (Å²) in [5.74, 6) is -1.54. The maximum absolute atomic E-state index is 13.2. The third-order valence-corrected chi connectivity index (χ3v) is 4.23. The lowest BCUT2D eigenvalue weighted by Crippen LogP contribution is -1.99. The molecule has 0 fully saturated rings. The molecule has 0 unspecified atom stereocenters. The van der Waals surface area contributed by atoms with Gasteiger partial charge in [0.25, 0.3) is 0 Å². The van der Waals surface area contributed by atoms with Crippen molar-refractivity contribution in [2.45, 2.75) is 19.8 Å². The average molecular weight is 341 g/mol. The van der Waals surface area contributed by atoms with E-state index in [4.69, 9.17) is 5.11 Å². The molecule has 0 amide bonds. The van der Waals surface area contributed by atoms with Crippen molar-refractivity contribution in [2.24, 2.45) is 0 Å². The van der Waals surface area contributed by atoms with Crippen LogP contribution in [0.4, 0.5) is 8.78 Å². The first-order valence-corrected chi connectivity index (χ1v) is 7.91. The first-order chi connectivity index (χ1) is 12.0. The number of aliphatic carboxylic acids is 1. The van der Waals surface area contributed by atoms with Gasteiger partial charge in [-0.25, -0.2) is 8.78 Å². The Hall–Kier alpha value is -2.95. The summed E-state index contributed by atoms with van der Waals surface area (Å²) in [7, 11) is 0. The molecule has 0 saturated heterocycles. The molecule has 1 heterocycles. The minimum atomic E-state index is -0.881. The fourth-order valence-electron chi connectivity index (χ4n) is 2.95. The molecule has 5 heteroatoms. The highest BCUT2D eigenvalue weighted by molar-refractivity contribution is 5.76. The Balaban J connectivity index is 2.11. The van der Waals surface area contributed by atoms with Crippen LogP contribution in [0.15, 0.2) is 48.5 Å². The van der Waals surface area contributed by atoms with Gasteiger partial charge in [0.1, 0.15) is 11.6 Å². The van der Waals surface area contributed by atoms with Gasteiger partial charge in [-0.1, -0.05) is 0 Å². The van der Waals surface area contributed by atoms with Crippen molar-refractivity contribution < 1.29 is 18.7 Å². The van der Waals surface area contributed by atoms with Crippen molar-refractivity contribution >= 4 is 5.97 Å². The zero-order valence-corrected chi connectivity index (χ0v) is 13.6. The van der Waals surface area contributed by atoms with Gasteiger partial charge >= 0.3 is 5.97 Å². The smallest absolute Gasteiger partial charge is 0.303 e. The largest absolute Gasteiger partial charge is 0.481 e. The van der Waals surface area contributed by atoms with Crippen molar-refractivity contribution in [1.82, 2.24) is 4.98 Å². The number of aromatic amines is 1. The van der Waals surface area contributed by atoms with Gasteiger partial charge in [-0.2, -0.15) is 0 Å². The summed E-state index contributed by atoms with van der Waals surface area (Å²) in [5.41, 5.74) is 4.93. The Labute approximate surface area is 144 Å². The van der Waals surface area contributed by atoms with E-state index in [2.05, 4.69) is 4.98 Å². The van der Waals surface area contributed by atoms with Gasteiger partial charge in [0, 0.05) is 17.8 Å². The van der Waals surface area contributed by atoms with E-state index in [9.17, 15) is 13.6 Å². The van der Waals surface area contributed by atoms with Crippen LogP contribution >= 0.6 is 0 Å². The topological polar surface area (TPSA) is 53.1 Å². The molecule has 2 aromatic carbocycles. The summed E-state index contributed by atoms with van der Waals surface area (Å²) in [5, 5.41) is 9.02. The highest BCUT2D eigenvalue weighted by atomic mass is 19.1. The van der Waals surface area contributed by atoms with E-state index in [1.165, 1.54) is 24.3 Å². The molecule has 0 spiro atoms. The van der Waals surface area contributed by atoms with E-state index in [1.807, 2.05) is 6.92 Å². The summed E-state index contributed by atoms with van der Waals surface area (Å²) < 4.78 is 26.4. The number of nitrogens with one attached hydrogen (secondary N) is 1. The Bertz CT molecular complexity index is 897. The molecule has 1 aromatic heterocycles. The highest BCUT2D eigenvalue weighted by Crippen LogP contribution is 2.34. The number of hydrogen-bond donors (Lipinski definition) is 2. The van der Waals surface area contributed by atoms with E-state index in [0.29, 0.717) is 6.42 Å². The molecule has 0 aliphatic rings. The number of carboxylic acid groups (broad SMARTS) is 1. The van der Waals surface area contributed by atoms with Gasteiger partial charge in [0.2, 0.25) is 0 Å². The lowest BCUT2D eigenvalue weighted by atomic mass is 9.99. The lowest BCUT2D eigenvalue weighted by molar-refractivity contribution is -0.136. The van der Waals surface area contributed by atoms with Crippen LogP contribution in [0.25, 0.3) is 22.5 Å². The molecule has 3 rings (SSSR count). The number of carboxylic acids is 1. The molecule has 25 heavy (non-hydrogen) atoms. The van der Waals surface area contributed by atoms with Gasteiger partial charge in [-0.05, 0) is 84.1 Å². The van der Waals surface area contributed by atoms with Gasteiger partial charge in [-0.15, -0.1) is 0 Å². The van der Waals surface area contributed by atoms with Crippen molar-refractivity contribution in [3.8, 4) is 22.5 Å². The summed E-state index contributed by atoms with van der Waals surface area (Å²) in [6, 6.07) is 12.1. The molecule has 0 radical (unpaired) electrons.